The van der Waals surface area contributed by atoms with Crippen LogP contribution in [0.4, 0.5) is 0 Å². The van der Waals surface area contributed by atoms with Crippen molar-refractivity contribution in [3.05, 3.63) is 62.2 Å². The fourth-order valence-corrected chi connectivity index (χ4v) is 3.89. The highest BCUT2D eigenvalue weighted by Crippen LogP contribution is 2.32. The first-order chi connectivity index (χ1) is 14.2. The monoisotopic (exact) mass is 449 g/mol. The molecule has 1 aromatic heterocycles. The summed E-state index contributed by atoms with van der Waals surface area (Å²) in [4.78, 5) is 5.34. The van der Waals surface area contributed by atoms with E-state index in [9.17, 15) is 0 Å². The first-order valence-electron chi connectivity index (χ1n) is 8.75. The van der Waals surface area contributed by atoms with Gasteiger partial charge < -0.3 is 14.2 Å². The molecule has 6 nitrogen and oxygen atoms in total. The topological polar surface area (TPSA) is 57.3 Å². The van der Waals surface area contributed by atoms with Crippen molar-refractivity contribution in [1.82, 2.24) is 4.68 Å². The normalized spacial score (nSPS) is 13.6. The first-order valence-corrected chi connectivity index (χ1v) is 10.4. The number of nitrogens with zero attached hydrogens (tertiary/aromatic N) is 3. The third-order valence-corrected chi connectivity index (χ3v) is 5.76. The molecule has 0 fully saturated rings. The molecule has 2 aromatic carbocycles. The summed E-state index contributed by atoms with van der Waals surface area (Å²) < 4.78 is 17.7. The lowest BCUT2D eigenvalue weighted by atomic mass is 10.2. The van der Waals surface area contributed by atoms with Crippen molar-refractivity contribution < 1.29 is 14.2 Å². The maximum absolute atomic E-state index is 6.21. The van der Waals surface area contributed by atoms with Crippen LogP contribution in [0.5, 0.6) is 11.5 Å². The molecule has 0 saturated heterocycles. The molecule has 1 aliphatic heterocycles. The van der Waals surface area contributed by atoms with Crippen LogP contribution in [-0.2, 0) is 4.74 Å². The van der Waals surface area contributed by atoms with E-state index < -0.39 is 0 Å². The molecule has 2 heterocycles. The highest BCUT2D eigenvalue weighted by molar-refractivity contribution is 7.07. The molecule has 150 valence electrons. The molecule has 0 unspecified atom stereocenters. The molecule has 0 atom stereocenters. The predicted molar refractivity (Wildman–Crippen MR) is 116 cm³/mol. The Kier molecular flexibility index (Phi) is 6.20. The van der Waals surface area contributed by atoms with Gasteiger partial charge >= 0.3 is 0 Å². The summed E-state index contributed by atoms with van der Waals surface area (Å²) in [6, 6.07) is 11.2. The van der Waals surface area contributed by atoms with Gasteiger partial charge in [-0.25, -0.2) is 4.68 Å². The van der Waals surface area contributed by atoms with Crippen LogP contribution in [0.3, 0.4) is 0 Å². The van der Waals surface area contributed by atoms with Crippen molar-refractivity contribution in [2.24, 2.45) is 10.1 Å². The van der Waals surface area contributed by atoms with Gasteiger partial charge in [-0.1, -0.05) is 29.3 Å². The van der Waals surface area contributed by atoms with Crippen molar-refractivity contribution in [1.29, 1.82) is 0 Å². The zero-order chi connectivity index (χ0) is 20.2. The van der Waals surface area contributed by atoms with Crippen molar-refractivity contribution >= 4 is 40.8 Å². The molecule has 0 bridgehead atoms. The number of hydrogen-bond donors (Lipinski definition) is 0. The zero-order valence-corrected chi connectivity index (χ0v) is 17.8. The van der Waals surface area contributed by atoms with Crippen LogP contribution in [0, 0.1) is 0 Å². The smallest absolute Gasteiger partial charge is 0.231 e. The summed E-state index contributed by atoms with van der Waals surface area (Å²) in [5.74, 6) is 1.44. The third kappa shape index (κ3) is 4.48. The number of halogens is 2. The summed E-state index contributed by atoms with van der Waals surface area (Å²) in [6.45, 7) is 1.31. The van der Waals surface area contributed by atoms with Gasteiger partial charge in [0.1, 0.15) is 0 Å². The summed E-state index contributed by atoms with van der Waals surface area (Å²) in [7, 11) is 1.65. The number of methoxy groups -OCH3 is 1. The van der Waals surface area contributed by atoms with Crippen LogP contribution in [-0.4, -0.2) is 37.9 Å². The number of thiazole rings is 1. The van der Waals surface area contributed by atoms with E-state index in [1.54, 1.807) is 24.1 Å². The molecule has 3 aromatic rings. The lowest BCUT2D eigenvalue weighted by Gasteiger charge is -2.05. The van der Waals surface area contributed by atoms with Gasteiger partial charge in [0.2, 0.25) is 11.6 Å². The number of benzene rings is 2. The second kappa shape index (κ2) is 9.00. The van der Waals surface area contributed by atoms with Crippen molar-refractivity contribution in [2.75, 3.05) is 27.1 Å². The van der Waals surface area contributed by atoms with E-state index >= 15 is 0 Å². The molecule has 0 spiro atoms. The SMILES string of the molecule is COCCN=c1scc(-c2ccc(Cl)c(Cl)c2)n1/N=C\c1ccc2c(c1)OCO2. The number of rotatable bonds is 6. The Hall–Kier alpha value is -2.32. The maximum Gasteiger partial charge on any atom is 0.231 e. The fraction of sp³-hybridized carbons (Fsp3) is 0.200. The van der Waals surface area contributed by atoms with Gasteiger partial charge in [0, 0.05) is 18.1 Å². The second-order valence-corrected chi connectivity index (χ2v) is 7.73. The number of fused-ring (bicyclic) bond motifs is 1. The molecule has 9 heteroatoms. The van der Waals surface area contributed by atoms with Gasteiger partial charge in [0.15, 0.2) is 11.5 Å². The van der Waals surface area contributed by atoms with Crippen molar-refractivity contribution in [2.45, 2.75) is 0 Å². The Balaban J connectivity index is 1.73. The van der Waals surface area contributed by atoms with Crippen molar-refractivity contribution in [3.8, 4) is 22.8 Å². The fourth-order valence-electron chi connectivity index (χ4n) is 2.72. The average molecular weight is 450 g/mol. The standard InChI is InChI=1S/C20H17Cl2N3O3S/c1-26-7-6-23-20-25(17(11-29-20)14-3-4-15(21)16(22)9-14)24-10-13-2-5-18-19(8-13)28-12-27-18/h2-5,8-11H,6-7,12H2,1H3/b23-20?,24-10-. The Morgan fingerprint density at radius 1 is 1.14 bits per heavy atom. The maximum atomic E-state index is 6.21. The molecule has 0 amide bonds. The minimum atomic E-state index is 0.235. The lowest BCUT2D eigenvalue weighted by molar-refractivity contribution is 0.174. The molecule has 29 heavy (non-hydrogen) atoms. The molecule has 0 radical (unpaired) electrons. The van der Waals surface area contributed by atoms with Crippen LogP contribution < -0.4 is 14.3 Å². The molecule has 0 saturated carbocycles. The van der Waals surface area contributed by atoms with Crippen LogP contribution in [0.25, 0.3) is 11.3 Å². The Labute approximate surface area is 181 Å². The molecule has 0 aliphatic carbocycles. The number of aromatic nitrogens is 1. The Bertz CT molecular complexity index is 1120. The highest BCUT2D eigenvalue weighted by atomic mass is 35.5. The van der Waals surface area contributed by atoms with Gasteiger partial charge in [-0.2, -0.15) is 5.10 Å². The van der Waals surface area contributed by atoms with E-state index in [1.165, 1.54) is 11.3 Å². The summed E-state index contributed by atoms with van der Waals surface area (Å²) in [6.07, 6.45) is 1.76. The largest absolute Gasteiger partial charge is 0.454 e. The van der Waals surface area contributed by atoms with Crippen molar-refractivity contribution in [3.63, 3.8) is 0 Å². The summed E-state index contributed by atoms with van der Waals surface area (Å²) >= 11 is 13.8. The predicted octanol–water partition coefficient (Wildman–Crippen LogP) is 4.68. The quantitative estimate of drug-likeness (QED) is 0.405. The van der Waals surface area contributed by atoms with E-state index in [0.29, 0.717) is 28.9 Å². The highest BCUT2D eigenvalue weighted by Gasteiger charge is 2.13. The van der Waals surface area contributed by atoms with E-state index in [4.69, 9.17) is 37.4 Å². The van der Waals surface area contributed by atoms with Crippen LogP contribution in [0.15, 0.2) is 51.9 Å². The third-order valence-electron chi connectivity index (χ3n) is 4.16. The molecular formula is C20H17Cl2N3O3S. The number of hydrogen-bond acceptors (Lipinski definition) is 6. The van der Waals surface area contributed by atoms with E-state index in [1.807, 2.05) is 35.7 Å². The molecular weight excluding hydrogens is 433 g/mol. The van der Waals surface area contributed by atoms with E-state index in [2.05, 4.69) is 10.1 Å². The van der Waals surface area contributed by atoms with E-state index in [-0.39, 0.29) is 6.79 Å². The second-order valence-electron chi connectivity index (χ2n) is 6.08. The van der Waals surface area contributed by atoms with Crippen LogP contribution in [0.2, 0.25) is 10.0 Å². The molecule has 4 rings (SSSR count). The molecule has 0 N–H and O–H groups in total. The molecule has 1 aliphatic rings. The van der Waals surface area contributed by atoms with Gasteiger partial charge in [-0.3, -0.25) is 4.99 Å². The van der Waals surface area contributed by atoms with Crippen LogP contribution in [0.1, 0.15) is 5.56 Å². The van der Waals surface area contributed by atoms with Crippen LogP contribution >= 0.6 is 34.5 Å². The zero-order valence-electron chi connectivity index (χ0n) is 15.5. The number of ether oxygens (including phenoxy) is 3. The van der Waals surface area contributed by atoms with Gasteiger partial charge in [-0.05, 0) is 35.9 Å². The van der Waals surface area contributed by atoms with Gasteiger partial charge in [-0.15, -0.1) is 11.3 Å². The first kappa shape index (κ1) is 20.0. The Morgan fingerprint density at radius 2 is 2.00 bits per heavy atom. The van der Waals surface area contributed by atoms with Gasteiger partial charge in [0.25, 0.3) is 0 Å². The lowest BCUT2D eigenvalue weighted by Crippen LogP contribution is -2.13. The minimum absolute atomic E-state index is 0.235. The van der Waals surface area contributed by atoms with Gasteiger partial charge in [0.05, 0.1) is 35.1 Å². The van der Waals surface area contributed by atoms with E-state index in [0.717, 1.165) is 27.4 Å². The Morgan fingerprint density at radius 3 is 2.83 bits per heavy atom. The summed E-state index contributed by atoms with van der Waals surface area (Å²) in [5, 5.41) is 7.64. The summed E-state index contributed by atoms with van der Waals surface area (Å²) in [5.41, 5.74) is 2.64. The average Bonchev–Trinajstić information content (AvgIpc) is 3.35. The minimum Gasteiger partial charge on any atom is -0.454 e.